The molecule has 3 aromatic rings. The number of halogens is 1. The van der Waals surface area contributed by atoms with Crippen molar-refractivity contribution in [2.75, 3.05) is 11.9 Å². The second-order valence-corrected chi connectivity index (χ2v) is 7.95. The van der Waals surface area contributed by atoms with E-state index in [1.807, 2.05) is 38.1 Å². The van der Waals surface area contributed by atoms with E-state index in [1.54, 1.807) is 24.3 Å². The average Bonchev–Trinajstić information content (AvgIpc) is 3.17. The number of hydrogen-bond donors (Lipinski definition) is 1. The number of rotatable bonds is 6. The van der Waals surface area contributed by atoms with Gasteiger partial charge in [0.25, 0.3) is 12.2 Å². The summed E-state index contributed by atoms with van der Waals surface area (Å²) in [5.74, 6) is 1.45. The first kappa shape index (κ1) is 22.5. The standard InChI is InChI=1S/C25H22ClNO6/c1-14-10-18(30-13-23-32-21-6-4-5-7-22(21)33-23)11-15(2)24(14)25(29)27-20-12-17(31-16(3)28)8-9-19(20)26/h4-12,23H,13H2,1-3H3,(H,27,29). The molecule has 1 aliphatic heterocycles. The highest BCUT2D eigenvalue weighted by Gasteiger charge is 2.24. The van der Waals surface area contributed by atoms with Gasteiger partial charge in [0, 0.05) is 18.6 Å². The van der Waals surface area contributed by atoms with Crippen LogP contribution < -0.4 is 24.3 Å². The van der Waals surface area contributed by atoms with Crippen molar-refractivity contribution >= 4 is 29.2 Å². The molecule has 0 saturated carbocycles. The Labute approximate surface area is 196 Å². The number of hydrogen-bond acceptors (Lipinski definition) is 6. The Hall–Kier alpha value is -3.71. The van der Waals surface area contributed by atoms with Gasteiger partial charge in [0.15, 0.2) is 18.1 Å². The zero-order valence-corrected chi connectivity index (χ0v) is 19.1. The SMILES string of the molecule is CC(=O)Oc1ccc(Cl)c(NC(=O)c2c(C)cc(OCC3Oc4ccccc4O3)cc2C)c1. The summed E-state index contributed by atoms with van der Waals surface area (Å²) >= 11 is 6.21. The summed E-state index contributed by atoms with van der Waals surface area (Å²) in [6.07, 6.45) is -0.544. The molecule has 0 atom stereocenters. The van der Waals surface area contributed by atoms with Crippen LogP contribution in [-0.2, 0) is 4.79 Å². The van der Waals surface area contributed by atoms with Crippen LogP contribution in [0.25, 0.3) is 0 Å². The number of nitrogens with one attached hydrogen (secondary N) is 1. The molecular formula is C25H22ClNO6. The van der Waals surface area contributed by atoms with Crippen LogP contribution in [0.2, 0.25) is 5.02 Å². The van der Waals surface area contributed by atoms with E-state index >= 15 is 0 Å². The van der Waals surface area contributed by atoms with Crippen molar-refractivity contribution in [3.8, 4) is 23.0 Å². The number of esters is 1. The molecule has 1 amide bonds. The number of aryl methyl sites for hydroxylation is 2. The number of para-hydroxylation sites is 2. The van der Waals surface area contributed by atoms with Gasteiger partial charge in [0.05, 0.1) is 10.7 Å². The second-order valence-electron chi connectivity index (χ2n) is 7.54. The number of fused-ring (bicyclic) bond motifs is 1. The van der Waals surface area contributed by atoms with Gasteiger partial charge in [-0.15, -0.1) is 0 Å². The van der Waals surface area contributed by atoms with Gasteiger partial charge in [0.2, 0.25) is 0 Å². The van der Waals surface area contributed by atoms with E-state index in [-0.39, 0.29) is 18.3 Å². The fourth-order valence-corrected chi connectivity index (χ4v) is 3.73. The summed E-state index contributed by atoms with van der Waals surface area (Å²) in [6, 6.07) is 15.6. The fraction of sp³-hybridized carbons (Fsp3) is 0.200. The molecule has 1 N–H and O–H groups in total. The smallest absolute Gasteiger partial charge is 0.308 e. The lowest BCUT2D eigenvalue weighted by Gasteiger charge is -2.16. The van der Waals surface area contributed by atoms with E-state index in [0.717, 1.165) is 11.1 Å². The minimum atomic E-state index is -0.544. The molecule has 1 aliphatic rings. The van der Waals surface area contributed by atoms with Gasteiger partial charge < -0.3 is 24.3 Å². The molecule has 8 heteroatoms. The summed E-state index contributed by atoms with van der Waals surface area (Å²) in [5, 5.41) is 3.11. The lowest BCUT2D eigenvalue weighted by molar-refractivity contribution is -0.131. The highest BCUT2D eigenvalue weighted by atomic mass is 35.5. The van der Waals surface area contributed by atoms with E-state index in [4.69, 9.17) is 30.5 Å². The Morgan fingerprint density at radius 2 is 1.61 bits per heavy atom. The van der Waals surface area contributed by atoms with Crippen LogP contribution in [0.3, 0.4) is 0 Å². The quantitative estimate of drug-likeness (QED) is 0.390. The predicted octanol–water partition coefficient (Wildman–Crippen LogP) is 5.31. The van der Waals surface area contributed by atoms with Gasteiger partial charge >= 0.3 is 5.97 Å². The Morgan fingerprint density at radius 3 is 2.21 bits per heavy atom. The van der Waals surface area contributed by atoms with Crippen molar-refractivity contribution < 1.29 is 28.5 Å². The minimum Gasteiger partial charge on any atom is -0.486 e. The number of ether oxygens (including phenoxy) is 4. The zero-order chi connectivity index (χ0) is 23.5. The lowest BCUT2D eigenvalue weighted by Crippen LogP contribution is -2.26. The topological polar surface area (TPSA) is 83.1 Å². The van der Waals surface area contributed by atoms with Crippen molar-refractivity contribution in [1.82, 2.24) is 0 Å². The maximum absolute atomic E-state index is 13.0. The number of carbonyl (C=O) groups is 2. The molecule has 0 bridgehead atoms. The summed E-state index contributed by atoms with van der Waals surface area (Å²) in [7, 11) is 0. The summed E-state index contributed by atoms with van der Waals surface area (Å²) in [4.78, 5) is 24.2. The predicted molar refractivity (Wildman–Crippen MR) is 124 cm³/mol. The summed E-state index contributed by atoms with van der Waals surface area (Å²) in [5.41, 5.74) is 2.30. The van der Waals surface area contributed by atoms with Crippen molar-refractivity contribution in [3.05, 3.63) is 76.3 Å². The third kappa shape index (κ3) is 5.21. The first-order valence-corrected chi connectivity index (χ1v) is 10.6. The van der Waals surface area contributed by atoms with Gasteiger partial charge in [-0.05, 0) is 61.4 Å². The largest absolute Gasteiger partial charge is 0.486 e. The molecule has 0 aliphatic carbocycles. The number of amides is 1. The molecule has 4 rings (SSSR count). The Morgan fingerprint density at radius 1 is 0.970 bits per heavy atom. The van der Waals surface area contributed by atoms with Crippen LogP contribution in [0.15, 0.2) is 54.6 Å². The Kier molecular flexibility index (Phi) is 6.42. The third-order valence-electron chi connectivity index (χ3n) is 4.93. The van der Waals surface area contributed by atoms with Crippen molar-refractivity contribution in [1.29, 1.82) is 0 Å². The first-order chi connectivity index (χ1) is 15.8. The maximum Gasteiger partial charge on any atom is 0.308 e. The molecule has 0 spiro atoms. The lowest BCUT2D eigenvalue weighted by atomic mass is 10.0. The average molecular weight is 468 g/mol. The molecule has 170 valence electrons. The second kappa shape index (κ2) is 9.42. The van der Waals surface area contributed by atoms with Crippen LogP contribution in [0.1, 0.15) is 28.4 Å². The normalized spacial score (nSPS) is 12.4. The molecular weight excluding hydrogens is 446 g/mol. The molecule has 7 nitrogen and oxygen atoms in total. The summed E-state index contributed by atoms with van der Waals surface area (Å²) in [6.45, 7) is 5.14. The first-order valence-electron chi connectivity index (χ1n) is 10.3. The molecule has 0 aromatic heterocycles. The number of carbonyl (C=O) groups excluding carboxylic acids is 2. The van der Waals surface area contributed by atoms with Crippen molar-refractivity contribution in [2.24, 2.45) is 0 Å². The fourth-order valence-electron chi connectivity index (χ4n) is 3.56. The highest BCUT2D eigenvalue weighted by molar-refractivity contribution is 6.34. The third-order valence-corrected chi connectivity index (χ3v) is 5.26. The van der Waals surface area contributed by atoms with Crippen LogP contribution in [-0.4, -0.2) is 24.8 Å². The van der Waals surface area contributed by atoms with E-state index < -0.39 is 12.3 Å². The molecule has 33 heavy (non-hydrogen) atoms. The Balaban J connectivity index is 1.44. The van der Waals surface area contributed by atoms with E-state index in [1.165, 1.54) is 13.0 Å². The van der Waals surface area contributed by atoms with Crippen LogP contribution in [0.5, 0.6) is 23.0 Å². The molecule has 0 radical (unpaired) electrons. The number of anilines is 1. The van der Waals surface area contributed by atoms with Gasteiger partial charge in [-0.1, -0.05) is 23.7 Å². The van der Waals surface area contributed by atoms with E-state index in [2.05, 4.69) is 5.32 Å². The van der Waals surface area contributed by atoms with E-state index in [9.17, 15) is 9.59 Å². The molecule has 0 fully saturated rings. The molecule has 3 aromatic carbocycles. The Bertz CT molecular complexity index is 1180. The van der Waals surface area contributed by atoms with Crippen LogP contribution in [0.4, 0.5) is 5.69 Å². The van der Waals surface area contributed by atoms with Gasteiger partial charge in [-0.3, -0.25) is 9.59 Å². The number of benzene rings is 3. The van der Waals surface area contributed by atoms with Crippen LogP contribution in [0, 0.1) is 13.8 Å². The monoisotopic (exact) mass is 467 g/mol. The molecule has 1 heterocycles. The van der Waals surface area contributed by atoms with Crippen molar-refractivity contribution in [3.63, 3.8) is 0 Å². The molecule has 0 unspecified atom stereocenters. The van der Waals surface area contributed by atoms with E-state index in [0.29, 0.717) is 33.5 Å². The maximum atomic E-state index is 13.0. The van der Waals surface area contributed by atoms with Crippen molar-refractivity contribution in [2.45, 2.75) is 27.1 Å². The van der Waals surface area contributed by atoms with Crippen LogP contribution >= 0.6 is 11.6 Å². The van der Waals surface area contributed by atoms with Gasteiger partial charge in [-0.2, -0.15) is 0 Å². The summed E-state index contributed by atoms with van der Waals surface area (Å²) < 4.78 is 22.3. The minimum absolute atomic E-state index is 0.192. The van der Waals surface area contributed by atoms with Gasteiger partial charge in [0.1, 0.15) is 11.5 Å². The van der Waals surface area contributed by atoms with Gasteiger partial charge in [-0.25, -0.2) is 0 Å². The highest BCUT2D eigenvalue weighted by Crippen LogP contribution is 2.34. The zero-order valence-electron chi connectivity index (χ0n) is 18.3. The molecule has 0 saturated heterocycles.